The van der Waals surface area contributed by atoms with Crippen molar-refractivity contribution in [2.75, 3.05) is 59.1 Å². The second-order valence-corrected chi connectivity index (χ2v) is 5.02. The number of morpholine rings is 2. The fourth-order valence-corrected chi connectivity index (χ4v) is 2.12. The van der Waals surface area contributed by atoms with Gasteiger partial charge in [-0.25, -0.2) is 0 Å². The average Bonchev–Trinajstić information content (AvgIpc) is 2.54. The minimum absolute atomic E-state index is 0.0344. The number of nitrogens with zero attached hydrogens (tertiary/aromatic N) is 1. The summed E-state index contributed by atoms with van der Waals surface area (Å²) in [6.07, 6.45) is 2.95. The van der Waals surface area contributed by atoms with Crippen LogP contribution < -0.4 is 16.8 Å². The van der Waals surface area contributed by atoms with Crippen LogP contribution in [0.4, 0.5) is 0 Å². The SMILES string of the molecule is C=CC(N)C1CNCCO1.NCCCN1CCOCC1. The second kappa shape index (κ2) is 11.2. The van der Waals surface area contributed by atoms with Gasteiger partial charge in [0.25, 0.3) is 0 Å². The van der Waals surface area contributed by atoms with E-state index in [9.17, 15) is 0 Å². The molecule has 2 aliphatic rings. The standard InChI is InChI=1S/C7H14N2O.C7H16N2O/c1-2-6(8)7-5-9-3-4-10-7;8-2-1-3-9-4-6-10-7-5-9/h2,6-7,9H,1,3-5,8H2;1-8H2. The first-order chi connectivity index (χ1) is 9.77. The highest BCUT2D eigenvalue weighted by Gasteiger charge is 2.17. The molecule has 6 nitrogen and oxygen atoms in total. The Morgan fingerprint density at radius 1 is 1.35 bits per heavy atom. The highest BCUT2D eigenvalue weighted by atomic mass is 16.5. The van der Waals surface area contributed by atoms with Crippen LogP contribution in [0.2, 0.25) is 0 Å². The first kappa shape index (κ1) is 17.6. The molecule has 2 aliphatic heterocycles. The summed E-state index contributed by atoms with van der Waals surface area (Å²) in [7, 11) is 0. The van der Waals surface area contributed by atoms with Crippen molar-refractivity contribution in [2.45, 2.75) is 18.6 Å². The molecule has 20 heavy (non-hydrogen) atoms. The van der Waals surface area contributed by atoms with Gasteiger partial charge >= 0.3 is 0 Å². The van der Waals surface area contributed by atoms with Crippen LogP contribution in [0.5, 0.6) is 0 Å². The number of hydrogen-bond donors (Lipinski definition) is 3. The van der Waals surface area contributed by atoms with Gasteiger partial charge in [0.05, 0.1) is 32.0 Å². The molecule has 0 saturated carbocycles. The van der Waals surface area contributed by atoms with E-state index in [4.69, 9.17) is 20.9 Å². The van der Waals surface area contributed by atoms with Gasteiger partial charge in [0.1, 0.15) is 0 Å². The molecule has 2 unspecified atom stereocenters. The van der Waals surface area contributed by atoms with Crippen molar-refractivity contribution in [3.05, 3.63) is 12.7 Å². The Morgan fingerprint density at radius 3 is 2.65 bits per heavy atom. The highest BCUT2D eigenvalue weighted by Crippen LogP contribution is 2.00. The molecule has 0 aliphatic carbocycles. The maximum atomic E-state index is 5.66. The Morgan fingerprint density at radius 2 is 2.10 bits per heavy atom. The average molecular weight is 286 g/mol. The predicted octanol–water partition coefficient (Wildman–Crippen LogP) is -0.844. The second-order valence-electron chi connectivity index (χ2n) is 5.02. The lowest BCUT2D eigenvalue weighted by atomic mass is 10.1. The van der Waals surface area contributed by atoms with E-state index in [1.807, 2.05) is 0 Å². The lowest BCUT2D eigenvalue weighted by Gasteiger charge is -2.26. The summed E-state index contributed by atoms with van der Waals surface area (Å²) in [5.74, 6) is 0. The van der Waals surface area contributed by atoms with Crippen LogP contribution in [0.25, 0.3) is 0 Å². The zero-order valence-corrected chi connectivity index (χ0v) is 12.4. The summed E-state index contributed by atoms with van der Waals surface area (Å²) in [4.78, 5) is 2.40. The van der Waals surface area contributed by atoms with E-state index in [1.165, 1.54) is 0 Å². The molecule has 0 radical (unpaired) electrons. The molecule has 0 aromatic heterocycles. The van der Waals surface area contributed by atoms with Gasteiger partial charge in [-0.2, -0.15) is 0 Å². The summed E-state index contributed by atoms with van der Waals surface area (Å²) in [5.41, 5.74) is 11.1. The molecule has 0 amide bonds. The lowest BCUT2D eigenvalue weighted by Crippen LogP contribution is -2.47. The van der Waals surface area contributed by atoms with Gasteiger partial charge < -0.3 is 26.3 Å². The molecule has 0 bridgehead atoms. The van der Waals surface area contributed by atoms with Gasteiger partial charge in [-0.1, -0.05) is 6.08 Å². The third kappa shape index (κ3) is 7.33. The van der Waals surface area contributed by atoms with E-state index in [-0.39, 0.29) is 12.1 Å². The number of ether oxygens (including phenoxy) is 2. The summed E-state index contributed by atoms with van der Waals surface area (Å²) < 4.78 is 10.6. The highest BCUT2D eigenvalue weighted by molar-refractivity contribution is 4.91. The van der Waals surface area contributed by atoms with E-state index in [1.54, 1.807) is 6.08 Å². The van der Waals surface area contributed by atoms with Gasteiger partial charge in [-0.3, -0.25) is 4.90 Å². The topological polar surface area (TPSA) is 85.8 Å². The van der Waals surface area contributed by atoms with Crippen molar-refractivity contribution in [3.8, 4) is 0 Å². The maximum Gasteiger partial charge on any atom is 0.0886 e. The Kier molecular flexibility index (Phi) is 9.82. The summed E-state index contributed by atoms with van der Waals surface area (Å²) >= 11 is 0. The smallest absolute Gasteiger partial charge is 0.0886 e. The zero-order valence-electron chi connectivity index (χ0n) is 12.4. The van der Waals surface area contributed by atoms with Crippen molar-refractivity contribution in [2.24, 2.45) is 11.5 Å². The van der Waals surface area contributed by atoms with Gasteiger partial charge in [0.2, 0.25) is 0 Å². The molecule has 2 heterocycles. The van der Waals surface area contributed by atoms with E-state index in [2.05, 4.69) is 16.8 Å². The van der Waals surface area contributed by atoms with Crippen molar-refractivity contribution in [3.63, 3.8) is 0 Å². The Labute approximate surface area is 122 Å². The van der Waals surface area contributed by atoms with Gasteiger partial charge in [0.15, 0.2) is 0 Å². The molecule has 0 aromatic carbocycles. The van der Waals surface area contributed by atoms with Crippen molar-refractivity contribution in [1.82, 2.24) is 10.2 Å². The molecule has 2 rings (SSSR count). The number of nitrogens with one attached hydrogen (secondary N) is 1. The minimum atomic E-state index is -0.0344. The molecule has 118 valence electrons. The number of nitrogens with two attached hydrogens (primary N) is 2. The molecule has 2 saturated heterocycles. The molecule has 0 aromatic rings. The lowest BCUT2D eigenvalue weighted by molar-refractivity contribution is 0.0215. The first-order valence-electron chi connectivity index (χ1n) is 7.48. The van der Waals surface area contributed by atoms with Crippen molar-refractivity contribution in [1.29, 1.82) is 0 Å². The van der Waals surface area contributed by atoms with E-state index >= 15 is 0 Å². The summed E-state index contributed by atoms with van der Waals surface area (Å²) in [6.45, 7) is 12.0. The third-order valence-electron chi connectivity index (χ3n) is 3.44. The van der Waals surface area contributed by atoms with Crippen LogP contribution in [-0.2, 0) is 9.47 Å². The van der Waals surface area contributed by atoms with Crippen molar-refractivity contribution < 1.29 is 9.47 Å². The fraction of sp³-hybridized carbons (Fsp3) is 0.857. The molecule has 6 heteroatoms. The molecule has 0 spiro atoms. The monoisotopic (exact) mass is 286 g/mol. The minimum Gasteiger partial charge on any atom is -0.379 e. The Hall–Kier alpha value is -0.500. The third-order valence-corrected chi connectivity index (χ3v) is 3.44. The quantitative estimate of drug-likeness (QED) is 0.571. The number of hydrogen-bond acceptors (Lipinski definition) is 6. The van der Waals surface area contributed by atoms with Crippen LogP contribution in [0.3, 0.4) is 0 Å². The van der Waals surface area contributed by atoms with E-state index in [0.29, 0.717) is 0 Å². The summed E-state index contributed by atoms with van der Waals surface area (Å²) in [6, 6.07) is -0.0344. The van der Waals surface area contributed by atoms with Gasteiger partial charge in [-0.15, -0.1) is 6.58 Å². The zero-order chi connectivity index (χ0) is 14.6. The molecular weight excluding hydrogens is 256 g/mol. The van der Waals surface area contributed by atoms with Crippen LogP contribution in [0.15, 0.2) is 12.7 Å². The summed E-state index contributed by atoms with van der Waals surface area (Å²) in [5, 5.41) is 3.20. The largest absolute Gasteiger partial charge is 0.379 e. The van der Waals surface area contributed by atoms with E-state index in [0.717, 1.165) is 65.5 Å². The van der Waals surface area contributed by atoms with Crippen molar-refractivity contribution >= 4 is 0 Å². The van der Waals surface area contributed by atoms with Crippen LogP contribution in [0, 0.1) is 0 Å². The molecule has 2 fully saturated rings. The van der Waals surface area contributed by atoms with Crippen LogP contribution in [-0.4, -0.2) is 76.1 Å². The Bertz CT molecular complexity index is 241. The van der Waals surface area contributed by atoms with Gasteiger partial charge in [0, 0.05) is 26.2 Å². The molecule has 5 N–H and O–H groups in total. The molecular formula is C14H30N4O2. The molecule has 2 atom stereocenters. The Balaban J connectivity index is 0.000000200. The predicted molar refractivity (Wildman–Crippen MR) is 81.7 cm³/mol. The first-order valence-corrected chi connectivity index (χ1v) is 7.48. The van der Waals surface area contributed by atoms with E-state index < -0.39 is 0 Å². The van der Waals surface area contributed by atoms with Crippen LogP contribution >= 0.6 is 0 Å². The normalized spacial score (nSPS) is 25.4. The maximum absolute atomic E-state index is 5.66. The van der Waals surface area contributed by atoms with Gasteiger partial charge in [-0.05, 0) is 19.5 Å². The fourth-order valence-electron chi connectivity index (χ4n) is 2.12. The van der Waals surface area contributed by atoms with Crippen LogP contribution in [0.1, 0.15) is 6.42 Å². The number of rotatable bonds is 5.